The van der Waals surface area contributed by atoms with Crippen molar-refractivity contribution in [3.8, 4) is 22.3 Å². The summed E-state index contributed by atoms with van der Waals surface area (Å²) in [5, 5.41) is 4.74. The van der Waals surface area contributed by atoms with Crippen LogP contribution in [-0.4, -0.2) is 23.3 Å². The third kappa shape index (κ3) is 5.29. The number of nitrogens with one attached hydrogen (secondary N) is 2. The molecule has 0 aliphatic carbocycles. The van der Waals surface area contributed by atoms with Crippen LogP contribution in [0.4, 0.5) is 4.39 Å². The van der Waals surface area contributed by atoms with Crippen molar-refractivity contribution in [3.05, 3.63) is 119 Å². The molecule has 6 aromatic rings. The maximum Gasteiger partial charge on any atom is 0.252 e. The summed E-state index contributed by atoms with van der Waals surface area (Å²) < 4.78 is 19.5. The Bertz CT molecular complexity index is 1950. The van der Waals surface area contributed by atoms with Crippen LogP contribution in [0.5, 0.6) is 0 Å². The Morgan fingerprint density at radius 1 is 0.905 bits per heavy atom. The highest BCUT2D eigenvalue weighted by atomic mass is 19.1. The number of rotatable bonds is 8. The number of fused-ring (bicyclic) bond motifs is 2. The number of amides is 2. The van der Waals surface area contributed by atoms with Gasteiger partial charge >= 0.3 is 0 Å². The van der Waals surface area contributed by atoms with Gasteiger partial charge in [0.15, 0.2) is 0 Å². The Morgan fingerprint density at radius 3 is 2.40 bits per heavy atom. The predicted octanol–water partition coefficient (Wildman–Crippen LogP) is 7.46. The van der Waals surface area contributed by atoms with Gasteiger partial charge in [-0.05, 0) is 81.6 Å². The maximum absolute atomic E-state index is 13.5. The standard InChI is InChI=1S/C35H30FN3O3/c1-20(2)19-39-35(41)28-16-23(7-11-27(28)25-6-5-22-13-14-38-30(22)18-25)24-8-12-31-29(17-24)33(34(37)40)32(42-31)15-21-3-9-26(36)10-4-21/h3-14,16-18,20,38H,15,19H2,1-2H3,(H2,37,40)(H,39,41). The molecule has 0 radical (unpaired) electrons. The number of aromatic amines is 1. The van der Waals surface area contributed by atoms with Gasteiger partial charge in [-0.25, -0.2) is 4.39 Å². The minimum Gasteiger partial charge on any atom is -0.460 e. The molecule has 4 N–H and O–H groups in total. The van der Waals surface area contributed by atoms with E-state index in [-0.39, 0.29) is 11.7 Å². The summed E-state index contributed by atoms with van der Waals surface area (Å²) >= 11 is 0. The number of hydrogen-bond acceptors (Lipinski definition) is 3. The van der Waals surface area contributed by atoms with Crippen molar-refractivity contribution in [1.82, 2.24) is 10.3 Å². The van der Waals surface area contributed by atoms with Crippen LogP contribution in [0.25, 0.3) is 44.1 Å². The second kappa shape index (κ2) is 11.0. The molecule has 0 bridgehead atoms. The van der Waals surface area contributed by atoms with Crippen molar-refractivity contribution in [2.45, 2.75) is 20.3 Å². The SMILES string of the molecule is CC(C)CNC(=O)c1cc(-c2ccc3oc(Cc4ccc(F)cc4)c(C(N)=O)c3c2)ccc1-c1ccc2cc[nH]c2c1. The van der Waals surface area contributed by atoms with Crippen LogP contribution in [0.2, 0.25) is 0 Å². The van der Waals surface area contributed by atoms with Crippen molar-refractivity contribution < 1.29 is 18.4 Å². The summed E-state index contributed by atoms with van der Waals surface area (Å²) in [4.78, 5) is 29.3. The number of carbonyl (C=O) groups excluding carboxylic acids is 2. The van der Waals surface area contributed by atoms with Gasteiger partial charge in [0.1, 0.15) is 17.2 Å². The molecule has 0 saturated carbocycles. The van der Waals surface area contributed by atoms with E-state index in [0.717, 1.165) is 38.7 Å². The minimum absolute atomic E-state index is 0.157. The van der Waals surface area contributed by atoms with Gasteiger partial charge in [-0.2, -0.15) is 0 Å². The molecular formula is C35H30FN3O3. The monoisotopic (exact) mass is 559 g/mol. The lowest BCUT2D eigenvalue weighted by molar-refractivity contribution is 0.0948. The van der Waals surface area contributed by atoms with E-state index in [4.69, 9.17) is 10.2 Å². The van der Waals surface area contributed by atoms with Gasteiger partial charge in [-0.3, -0.25) is 9.59 Å². The summed E-state index contributed by atoms with van der Waals surface area (Å²) in [7, 11) is 0. The van der Waals surface area contributed by atoms with Crippen LogP contribution in [-0.2, 0) is 6.42 Å². The quantitative estimate of drug-likeness (QED) is 0.180. The molecule has 0 saturated heterocycles. The van der Waals surface area contributed by atoms with Crippen LogP contribution < -0.4 is 11.1 Å². The van der Waals surface area contributed by atoms with Crippen molar-refractivity contribution in [3.63, 3.8) is 0 Å². The van der Waals surface area contributed by atoms with Gasteiger partial charge in [0.05, 0.1) is 5.56 Å². The van der Waals surface area contributed by atoms with Crippen molar-refractivity contribution in [1.29, 1.82) is 0 Å². The van der Waals surface area contributed by atoms with E-state index >= 15 is 0 Å². The number of furan rings is 1. The van der Waals surface area contributed by atoms with Crippen LogP contribution in [0, 0.1) is 11.7 Å². The van der Waals surface area contributed by atoms with Crippen LogP contribution in [0.1, 0.15) is 45.9 Å². The zero-order chi connectivity index (χ0) is 29.4. The molecule has 0 aliphatic rings. The van der Waals surface area contributed by atoms with Crippen molar-refractivity contribution in [2.24, 2.45) is 11.7 Å². The molecule has 2 aromatic heterocycles. The molecule has 0 unspecified atom stereocenters. The summed E-state index contributed by atoms with van der Waals surface area (Å²) in [5.74, 6) is -0.375. The number of carbonyl (C=O) groups is 2. The molecule has 6 nitrogen and oxygen atoms in total. The average molecular weight is 560 g/mol. The fourth-order valence-electron chi connectivity index (χ4n) is 5.28. The highest BCUT2D eigenvalue weighted by Gasteiger charge is 2.21. The number of benzene rings is 4. The fraction of sp³-hybridized carbons (Fsp3) is 0.143. The molecule has 4 aromatic carbocycles. The lowest BCUT2D eigenvalue weighted by atomic mass is 9.93. The number of halogens is 1. The zero-order valence-electron chi connectivity index (χ0n) is 23.3. The number of primary amides is 1. The molecule has 2 amide bonds. The average Bonchev–Trinajstić information content (AvgIpc) is 3.60. The Balaban J connectivity index is 1.43. The minimum atomic E-state index is -0.605. The molecule has 210 valence electrons. The first-order valence-corrected chi connectivity index (χ1v) is 13.9. The number of nitrogens with two attached hydrogens (primary N) is 1. The predicted molar refractivity (Wildman–Crippen MR) is 164 cm³/mol. The van der Waals surface area contributed by atoms with E-state index in [1.807, 2.05) is 60.8 Å². The van der Waals surface area contributed by atoms with Crippen LogP contribution in [0.3, 0.4) is 0 Å². The van der Waals surface area contributed by atoms with E-state index in [9.17, 15) is 14.0 Å². The molecular weight excluding hydrogens is 529 g/mol. The van der Waals surface area contributed by atoms with Gasteiger partial charge in [-0.15, -0.1) is 0 Å². The smallest absolute Gasteiger partial charge is 0.252 e. The second-order valence-electron chi connectivity index (χ2n) is 10.9. The third-order valence-corrected chi connectivity index (χ3v) is 7.42. The van der Waals surface area contributed by atoms with E-state index < -0.39 is 5.91 Å². The largest absolute Gasteiger partial charge is 0.460 e. The van der Waals surface area contributed by atoms with Gasteiger partial charge in [0, 0.05) is 35.6 Å². The number of aromatic nitrogens is 1. The highest BCUT2D eigenvalue weighted by Crippen LogP contribution is 2.35. The topological polar surface area (TPSA) is 101 Å². The molecule has 0 spiro atoms. The van der Waals surface area contributed by atoms with Crippen molar-refractivity contribution >= 4 is 33.7 Å². The van der Waals surface area contributed by atoms with Crippen LogP contribution >= 0.6 is 0 Å². The van der Waals surface area contributed by atoms with Gasteiger partial charge in [0.2, 0.25) is 0 Å². The normalized spacial score (nSPS) is 11.4. The number of H-pyrrole nitrogens is 1. The summed E-state index contributed by atoms with van der Waals surface area (Å²) in [6.45, 7) is 4.66. The van der Waals surface area contributed by atoms with Gasteiger partial charge in [-0.1, -0.05) is 56.3 Å². The Labute approximate surface area is 242 Å². The van der Waals surface area contributed by atoms with Crippen LogP contribution in [0.15, 0.2) is 95.5 Å². The summed E-state index contributed by atoms with van der Waals surface area (Å²) in [6.07, 6.45) is 2.19. The highest BCUT2D eigenvalue weighted by molar-refractivity contribution is 6.08. The number of hydrogen-bond donors (Lipinski definition) is 3. The van der Waals surface area contributed by atoms with Gasteiger partial charge < -0.3 is 20.5 Å². The van der Waals surface area contributed by atoms with Gasteiger partial charge in [0.25, 0.3) is 11.8 Å². The summed E-state index contributed by atoms with van der Waals surface area (Å²) in [5.41, 5.74) is 12.3. The van der Waals surface area contributed by atoms with E-state index in [2.05, 4.69) is 24.1 Å². The Kier molecular flexibility index (Phi) is 7.08. The second-order valence-corrected chi connectivity index (χ2v) is 10.9. The molecule has 2 heterocycles. The Morgan fingerprint density at radius 2 is 1.64 bits per heavy atom. The molecule has 0 fully saturated rings. The zero-order valence-corrected chi connectivity index (χ0v) is 23.3. The maximum atomic E-state index is 13.5. The molecule has 7 heteroatoms. The first-order valence-electron chi connectivity index (χ1n) is 13.9. The van der Waals surface area contributed by atoms with E-state index in [0.29, 0.717) is 46.7 Å². The lowest BCUT2D eigenvalue weighted by Crippen LogP contribution is -2.27. The molecule has 0 atom stereocenters. The fourth-order valence-corrected chi connectivity index (χ4v) is 5.28. The molecule has 0 aliphatic heterocycles. The first kappa shape index (κ1) is 27.0. The molecule has 42 heavy (non-hydrogen) atoms. The summed E-state index contributed by atoms with van der Waals surface area (Å²) in [6, 6.07) is 25.5. The van der Waals surface area contributed by atoms with E-state index in [1.54, 1.807) is 18.2 Å². The van der Waals surface area contributed by atoms with E-state index in [1.165, 1.54) is 12.1 Å². The lowest BCUT2D eigenvalue weighted by Gasteiger charge is -2.14. The first-order chi connectivity index (χ1) is 20.3. The third-order valence-electron chi connectivity index (χ3n) is 7.42. The molecule has 6 rings (SSSR count). The van der Waals surface area contributed by atoms with Crippen molar-refractivity contribution in [2.75, 3.05) is 6.54 Å². The Hall–Kier alpha value is -5.17.